The van der Waals surface area contributed by atoms with E-state index in [0.717, 1.165) is 6.42 Å². The lowest BCUT2D eigenvalue weighted by atomic mass is 10.1. The van der Waals surface area contributed by atoms with Crippen molar-refractivity contribution in [3.63, 3.8) is 0 Å². The Kier molecular flexibility index (Phi) is 3.90. The normalized spacial score (nSPS) is 23.4. The molecule has 1 saturated heterocycles. The molecule has 0 radical (unpaired) electrons. The van der Waals surface area contributed by atoms with E-state index in [1.807, 2.05) is 11.8 Å². The lowest BCUT2D eigenvalue weighted by molar-refractivity contribution is -0.383. The highest BCUT2D eigenvalue weighted by Gasteiger charge is 2.31. The van der Waals surface area contributed by atoms with Gasteiger partial charge in [0, 0.05) is 6.54 Å². The van der Waals surface area contributed by atoms with Crippen molar-refractivity contribution in [3.05, 3.63) is 28.3 Å². The first kappa shape index (κ1) is 13.6. The number of nitro groups is 1. The Bertz CT molecular complexity index is 478. The SMILES string of the molecule is CCC1COC(C)CN1c1cccc(N)c1[N+](=O)[O-]. The van der Waals surface area contributed by atoms with Gasteiger partial charge in [-0.05, 0) is 25.5 Å². The highest BCUT2D eigenvalue weighted by Crippen LogP contribution is 2.36. The van der Waals surface area contributed by atoms with Gasteiger partial charge < -0.3 is 15.4 Å². The fourth-order valence-corrected chi connectivity index (χ4v) is 2.46. The van der Waals surface area contributed by atoms with Crippen LogP contribution in [-0.2, 0) is 4.74 Å². The number of hydrogen-bond donors (Lipinski definition) is 1. The van der Waals surface area contributed by atoms with E-state index >= 15 is 0 Å². The minimum absolute atomic E-state index is 0.00458. The molecule has 6 nitrogen and oxygen atoms in total. The molecule has 0 aromatic heterocycles. The van der Waals surface area contributed by atoms with Crippen LogP contribution in [0.3, 0.4) is 0 Å². The van der Waals surface area contributed by atoms with Crippen LogP contribution in [0, 0.1) is 10.1 Å². The predicted molar refractivity (Wildman–Crippen MR) is 74.3 cm³/mol. The molecule has 0 spiro atoms. The average molecular weight is 265 g/mol. The van der Waals surface area contributed by atoms with Crippen LogP contribution in [0.4, 0.5) is 17.1 Å². The smallest absolute Gasteiger partial charge is 0.315 e. The summed E-state index contributed by atoms with van der Waals surface area (Å²) in [5.41, 5.74) is 6.54. The molecule has 2 unspecified atom stereocenters. The number of nitro benzene ring substituents is 1. The second-order valence-electron chi connectivity index (χ2n) is 4.83. The van der Waals surface area contributed by atoms with Gasteiger partial charge in [0.15, 0.2) is 0 Å². The molecule has 1 aromatic rings. The quantitative estimate of drug-likeness (QED) is 0.514. The van der Waals surface area contributed by atoms with Crippen molar-refractivity contribution >= 4 is 17.1 Å². The van der Waals surface area contributed by atoms with Crippen LogP contribution in [0.5, 0.6) is 0 Å². The molecule has 2 rings (SSSR count). The third-order valence-electron chi connectivity index (χ3n) is 3.48. The second kappa shape index (κ2) is 5.44. The zero-order valence-electron chi connectivity index (χ0n) is 11.2. The third kappa shape index (κ3) is 2.63. The molecule has 1 aliphatic heterocycles. The molecule has 1 aliphatic rings. The number of nitrogens with two attached hydrogens (primary N) is 1. The van der Waals surface area contributed by atoms with Crippen LogP contribution in [0.1, 0.15) is 20.3 Å². The van der Waals surface area contributed by atoms with Crippen LogP contribution >= 0.6 is 0 Å². The van der Waals surface area contributed by atoms with E-state index in [-0.39, 0.29) is 23.5 Å². The van der Waals surface area contributed by atoms with E-state index < -0.39 is 4.92 Å². The molecule has 0 amide bonds. The molecule has 6 heteroatoms. The lowest BCUT2D eigenvalue weighted by Gasteiger charge is -2.39. The molecule has 0 saturated carbocycles. The topological polar surface area (TPSA) is 81.6 Å². The summed E-state index contributed by atoms with van der Waals surface area (Å²) in [6.07, 6.45) is 0.933. The van der Waals surface area contributed by atoms with E-state index in [2.05, 4.69) is 6.92 Å². The number of hydrogen-bond acceptors (Lipinski definition) is 5. The number of morpholine rings is 1. The van der Waals surface area contributed by atoms with Gasteiger partial charge in [0.05, 0.1) is 23.7 Å². The molecule has 104 valence electrons. The summed E-state index contributed by atoms with van der Waals surface area (Å²) in [4.78, 5) is 12.9. The number of nitrogens with zero attached hydrogens (tertiary/aromatic N) is 2. The average Bonchev–Trinajstić information content (AvgIpc) is 2.37. The van der Waals surface area contributed by atoms with Crippen LogP contribution < -0.4 is 10.6 Å². The van der Waals surface area contributed by atoms with Crippen molar-refractivity contribution in [2.24, 2.45) is 0 Å². The number of nitrogen functional groups attached to an aromatic ring is 1. The van der Waals surface area contributed by atoms with Gasteiger partial charge in [-0.1, -0.05) is 13.0 Å². The summed E-state index contributed by atoms with van der Waals surface area (Å²) in [6, 6.07) is 5.23. The lowest BCUT2D eigenvalue weighted by Crippen LogP contribution is -2.48. The molecule has 1 heterocycles. The summed E-state index contributed by atoms with van der Waals surface area (Å²) in [7, 11) is 0. The molecule has 2 atom stereocenters. The first-order valence-corrected chi connectivity index (χ1v) is 6.45. The Labute approximate surface area is 112 Å². The number of rotatable bonds is 3. The van der Waals surface area contributed by atoms with E-state index in [4.69, 9.17) is 10.5 Å². The van der Waals surface area contributed by atoms with Crippen molar-refractivity contribution in [2.45, 2.75) is 32.4 Å². The van der Waals surface area contributed by atoms with Crippen LogP contribution in [0.2, 0.25) is 0 Å². The Morgan fingerprint density at radius 2 is 2.32 bits per heavy atom. The van der Waals surface area contributed by atoms with E-state index in [9.17, 15) is 10.1 Å². The van der Waals surface area contributed by atoms with Crippen molar-refractivity contribution in [3.8, 4) is 0 Å². The number of para-hydroxylation sites is 1. The van der Waals surface area contributed by atoms with E-state index in [0.29, 0.717) is 18.8 Å². The van der Waals surface area contributed by atoms with Gasteiger partial charge in [0.2, 0.25) is 0 Å². The highest BCUT2D eigenvalue weighted by molar-refractivity contribution is 5.75. The summed E-state index contributed by atoms with van der Waals surface area (Å²) in [6.45, 7) is 5.25. The summed E-state index contributed by atoms with van der Waals surface area (Å²) >= 11 is 0. The molecule has 19 heavy (non-hydrogen) atoms. The van der Waals surface area contributed by atoms with Crippen LogP contribution in [0.15, 0.2) is 18.2 Å². The number of ether oxygens (including phenoxy) is 1. The van der Waals surface area contributed by atoms with Gasteiger partial charge in [-0.15, -0.1) is 0 Å². The van der Waals surface area contributed by atoms with Crippen LogP contribution in [0.25, 0.3) is 0 Å². The first-order valence-electron chi connectivity index (χ1n) is 6.45. The standard InChI is InChI=1S/C13H19N3O3/c1-3-10-8-19-9(2)7-15(10)12-6-4-5-11(14)13(12)16(17)18/h4-6,9-10H,3,7-8,14H2,1-2H3. The van der Waals surface area contributed by atoms with Gasteiger partial charge in [-0.3, -0.25) is 10.1 Å². The molecule has 1 fully saturated rings. The summed E-state index contributed by atoms with van der Waals surface area (Å²) in [5.74, 6) is 0. The van der Waals surface area contributed by atoms with Gasteiger partial charge in [0.25, 0.3) is 0 Å². The minimum Gasteiger partial charge on any atom is -0.393 e. The maximum absolute atomic E-state index is 11.2. The third-order valence-corrected chi connectivity index (χ3v) is 3.48. The zero-order chi connectivity index (χ0) is 14.0. The van der Waals surface area contributed by atoms with Crippen molar-refractivity contribution in [1.29, 1.82) is 0 Å². The van der Waals surface area contributed by atoms with Gasteiger partial charge >= 0.3 is 5.69 Å². The Morgan fingerprint density at radius 1 is 1.58 bits per heavy atom. The molecular weight excluding hydrogens is 246 g/mol. The van der Waals surface area contributed by atoms with E-state index in [1.54, 1.807) is 18.2 Å². The second-order valence-corrected chi connectivity index (χ2v) is 4.83. The monoisotopic (exact) mass is 265 g/mol. The zero-order valence-corrected chi connectivity index (χ0v) is 11.2. The van der Waals surface area contributed by atoms with Crippen molar-refractivity contribution in [1.82, 2.24) is 0 Å². The Balaban J connectivity index is 2.44. The maximum Gasteiger partial charge on any atom is 0.315 e. The Morgan fingerprint density at radius 3 is 2.95 bits per heavy atom. The highest BCUT2D eigenvalue weighted by atomic mass is 16.6. The fourth-order valence-electron chi connectivity index (χ4n) is 2.46. The summed E-state index contributed by atoms with van der Waals surface area (Å²) in [5, 5.41) is 11.2. The molecule has 1 aromatic carbocycles. The Hall–Kier alpha value is -1.82. The molecule has 0 aliphatic carbocycles. The molecule has 0 bridgehead atoms. The largest absolute Gasteiger partial charge is 0.393 e. The first-order chi connectivity index (χ1) is 9.04. The number of benzene rings is 1. The molecular formula is C13H19N3O3. The predicted octanol–water partition coefficient (Wildman–Crippen LogP) is 2.18. The number of anilines is 2. The van der Waals surface area contributed by atoms with Crippen molar-refractivity contribution in [2.75, 3.05) is 23.8 Å². The molecule has 2 N–H and O–H groups in total. The maximum atomic E-state index is 11.2. The van der Waals surface area contributed by atoms with Crippen molar-refractivity contribution < 1.29 is 9.66 Å². The van der Waals surface area contributed by atoms with Crippen LogP contribution in [-0.4, -0.2) is 30.2 Å². The van der Waals surface area contributed by atoms with Gasteiger partial charge in [0.1, 0.15) is 11.4 Å². The van der Waals surface area contributed by atoms with E-state index in [1.165, 1.54) is 0 Å². The van der Waals surface area contributed by atoms with Gasteiger partial charge in [-0.25, -0.2) is 0 Å². The summed E-state index contributed by atoms with van der Waals surface area (Å²) < 4.78 is 5.62. The fraction of sp³-hybridized carbons (Fsp3) is 0.538. The minimum atomic E-state index is -0.405. The van der Waals surface area contributed by atoms with Gasteiger partial charge in [-0.2, -0.15) is 0 Å².